The van der Waals surface area contributed by atoms with Gasteiger partial charge < -0.3 is 9.30 Å². The Kier molecular flexibility index (Phi) is 8.01. The fourth-order valence-corrected chi connectivity index (χ4v) is 4.24. The Hall–Kier alpha value is -2.88. The standard InChI is InChI=1S/C23H17Cl2F3N2O.O2S/c1-13-8-14(23(26,27)28)9-20-17(13)10-16(30(20)15-6-4-3-5-7-15)11-18-19(24)12-29-22(31-2)21(18)25;1-3-2/h3-10,12H,11H2,1-2H3;. The molecule has 0 bridgehead atoms. The van der Waals surface area contributed by atoms with Gasteiger partial charge in [-0.1, -0.05) is 41.4 Å². The number of aromatic nitrogens is 2. The first-order valence-corrected chi connectivity index (χ1v) is 11.1. The number of ether oxygens (including phenoxy) is 1. The van der Waals surface area contributed by atoms with Crippen LogP contribution in [0.4, 0.5) is 13.2 Å². The van der Waals surface area contributed by atoms with Gasteiger partial charge in [0.1, 0.15) is 5.02 Å². The lowest BCUT2D eigenvalue weighted by atomic mass is 10.1. The Morgan fingerprint density at radius 3 is 2.32 bits per heavy atom. The lowest BCUT2D eigenvalue weighted by Gasteiger charge is -2.15. The molecule has 0 aliphatic carbocycles. The van der Waals surface area contributed by atoms with Gasteiger partial charge in [-0.3, -0.25) is 0 Å². The van der Waals surface area contributed by atoms with Crippen LogP contribution in [0.15, 0.2) is 54.7 Å². The van der Waals surface area contributed by atoms with E-state index in [1.54, 1.807) is 11.5 Å². The van der Waals surface area contributed by atoms with E-state index in [9.17, 15) is 13.2 Å². The molecule has 5 nitrogen and oxygen atoms in total. The zero-order valence-electron chi connectivity index (χ0n) is 17.8. The summed E-state index contributed by atoms with van der Waals surface area (Å²) in [5.41, 5.74) is 2.36. The Labute approximate surface area is 206 Å². The van der Waals surface area contributed by atoms with Gasteiger partial charge in [-0.15, -0.1) is 0 Å². The molecule has 0 N–H and O–H groups in total. The molecule has 34 heavy (non-hydrogen) atoms. The lowest BCUT2D eigenvalue weighted by molar-refractivity contribution is -0.137. The lowest BCUT2D eigenvalue weighted by Crippen LogP contribution is -2.07. The van der Waals surface area contributed by atoms with Gasteiger partial charge in [0.25, 0.3) is 0 Å². The van der Waals surface area contributed by atoms with Crippen molar-refractivity contribution in [2.24, 2.45) is 0 Å². The first-order chi connectivity index (χ1) is 16.1. The van der Waals surface area contributed by atoms with Crippen LogP contribution < -0.4 is 4.74 Å². The normalized spacial score (nSPS) is 11.1. The maximum Gasteiger partial charge on any atom is 0.416 e. The summed E-state index contributed by atoms with van der Waals surface area (Å²) in [5.74, 6) is 0.235. The minimum atomic E-state index is -4.45. The van der Waals surface area contributed by atoms with Gasteiger partial charge in [-0.05, 0) is 42.8 Å². The number of nitrogens with zero attached hydrogens (tertiary/aromatic N) is 2. The molecule has 0 aliphatic heterocycles. The van der Waals surface area contributed by atoms with Gasteiger partial charge in [-0.25, -0.2) is 4.98 Å². The van der Waals surface area contributed by atoms with E-state index in [0.29, 0.717) is 21.7 Å². The van der Waals surface area contributed by atoms with E-state index in [1.165, 1.54) is 19.4 Å². The van der Waals surface area contributed by atoms with E-state index in [4.69, 9.17) is 36.4 Å². The second-order valence-corrected chi connectivity index (χ2v) is 8.10. The Bertz CT molecular complexity index is 1370. The summed E-state index contributed by atoms with van der Waals surface area (Å²) in [5, 5.41) is 1.34. The molecule has 2 heterocycles. The van der Waals surface area contributed by atoms with E-state index < -0.39 is 23.3 Å². The average Bonchev–Trinajstić information content (AvgIpc) is 3.16. The first-order valence-electron chi connectivity index (χ1n) is 9.68. The third kappa shape index (κ3) is 5.27. The first kappa shape index (κ1) is 25.7. The van der Waals surface area contributed by atoms with Crippen LogP contribution in [0.5, 0.6) is 5.88 Å². The van der Waals surface area contributed by atoms with Crippen molar-refractivity contribution in [3.05, 3.63) is 87.2 Å². The third-order valence-corrected chi connectivity index (χ3v) is 5.85. The Balaban J connectivity index is 0.00000103. The molecule has 178 valence electrons. The largest absolute Gasteiger partial charge is 0.480 e. The summed E-state index contributed by atoms with van der Waals surface area (Å²) in [4.78, 5) is 4.06. The van der Waals surface area contributed by atoms with E-state index in [0.717, 1.165) is 22.8 Å². The number of fused-ring (bicyclic) bond motifs is 1. The van der Waals surface area contributed by atoms with Crippen molar-refractivity contribution in [3.63, 3.8) is 0 Å². The van der Waals surface area contributed by atoms with Crippen molar-refractivity contribution in [3.8, 4) is 11.6 Å². The van der Waals surface area contributed by atoms with Crippen LogP contribution in [0.3, 0.4) is 0 Å². The highest BCUT2D eigenvalue weighted by atomic mass is 35.5. The number of rotatable bonds is 4. The zero-order valence-corrected chi connectivity index (χ0v) is 20.1. The summed E-state index contributed by atoms with van der Waals surface area (Å²) in [7, 11) is 1.45. The minimum Gasteiger partial charge on any atom is -0.480 e. The molecule has 0 saturated carbocycles. The van der Waals surface area contributed by atoms with Crippen molar-refractivity contribution < 1.29 is 26.3 Å². The monoisotopic (exact) mass is 528 g/mol. The van der Waals surface area contributed by atoms with Crippen LogP contribution in [0.2, 0.25) is 10.0 Å². The molecule has 4 aromatic rings. The fraction of sp³-hybridized carbons (Fsp3) is 0.174. The number of para-hydroxylation sites is 1. The maximum absolute atomic E-state index is 13.5. The molecule has 0 saturated heterocycles. The number of benzene rings is 2. The van der Waals surface area contributed by atoms with Crippen LogP contribution >= 0.6 is 23.2 Å². The topological polar surface area (TPSA) is 61.2 Å². The minimum absolute atomic E-state index is 0.235. The van der Waals surface area contributed by atoms with E-state index in [1.807, 2.05) is 36.4 Å². The smallest absolute Gasteiger partial charge is 0.416 e. The molecular weight excluding hydrogens is 512 g/mol. The predicted octanol–water partition coefficient (Wildman–Crippen LogP) is 6.59. The van der Waals surface area contributed by atoms with Crippen LogP contribution in [0, 0.1) is 6.92 Å². The van der Waals surface area contributed by atoms with Crippen LogP contribution in [-0.4, -0.2) is 25.1 Å². The molecule has 4 rings (SSSR count). The number of alkyl halides is 3. The van der Waals surface area contributed by atoms with Gasteiger partial charge in [0.2, 0.25) is 5.88 Å². The number of pyridine rings is 1. The van der Waals surface area contributed by atoms with Gasteiger partial charge in [0.15, 0.2) is 0 Å². The van der Waals surface area contributed by atoms with Crippen LogP contribution in [0.25, 0.3) is 16.6 Å². The van der Waals surface area contributed by atoms with Crippen LogP contribution in [-0.2, 0) is 24.2 Å². The summed E-state index contributed by atoms with van der Waals surface area (Å²) >= 11 is 12.1. The average molecular weight is 529 g/mol. The molecule has 0 aliphatic rings. The van der Waals surface area contributed by atoms with Crippen LogP contribution in [0.1, 0.15) is 22.4 Å². The second-order valence-electron chi connectivity index (χ2n) is 7.18. The molecule has 2 aromatic carbocycles. The molecule has 0 radical (unpaired) electrons. The molecule has 0 atom stereocenters. The number of hydrogen-bond acceptors (Lipinski definition) is 4. The van der Waals surface area contributed by atoms with Gasteiger partial charge in [0, 0.05) is 34.9 Å². The Morgan fingerprint density at radius 2 is 1.74 bits per heavy atom. The SMILES string of the molecule is COc1ncc(Cl)c(Cc2cc3c(C)cc(C(F)(F)F)cc3n2-c2ccccc2)c1Cl.O=S=O. The third-order valence-electron chi connectivity index (χ3n) is 5.13. The molecule has 0 amide bonds. The van der Waals surface area contributed by atoms with E-state index >= 15 is 0 Å². The number of hydrogen-bond donors (Lipinski definition) is 0. The summed E-state index contributed by atoms with van der Waals surface area (Å²) in [6, 6.07) is 13.4. The molecule has 11 heteroatoms. The second kappa shape index (κ2) is 10.6. The molecule has 2 aromatic heterocycles. The zero-order chi connectivity index (χ0) is 25.0. The summed E-state index contributed by atoms with van der Waals surface area (Å²) < 4.78 is 64.1. The number of aryl methyl sites for hydroxylation is 1. The van der Waals surface area contributed by atoms with Crippen molar-refractivity contribution in [1.29, 1.82) is 0 Å². The van der Waals surface area contributed by atoms with Gasteiger partial charge in [0.05, 0.1) is 23.2 Å². The van der Waals surface area contributed by atoms with Gasteiger partial charge in [-0.2, -0.15) is 21.6 Å². The molecule has 0 fully saturated rings. The molecular formula is C23H17Cl2F3N2O3S. The maximum atomic E-state index is 13.5. The molecule has 0 unspecified atom stereocenters. The number of halogens is 5. The van der Waals surface area contributed by atoms with Crippen molar-refractivity contribution in [2.75, 3.05) is 7.11 Å². The highest BCUT2D eigenvalue weighted by Gasteiger charge is 2.32. The van der Waals surface area contributed by atoms with Gasteiger partial charge >= 0.3 is 17.7 Å². The predicted molar refractivity (Wildman–Crippen MR) is 126 cm³/mol. The highest BCUT2D eigenvalue weighted by molar-refractivity contribution is 7.51. The summed E-state index contributed by atoms with van der Waals surface area (Å²) in [6.07, 6.45) is -2.72. The van der Waals surface area contributed by atoms with Crippen molar-refractivity contribution in [1.82, 2.24) is 9.55 Å². The fourth-order valence-electron chi connectivity index (χ4n) is 3.68. The van der Waals surface area contributed by atoms with Crippen molar-refractivity contribution in [2.45, 2.75) is 19.5 Å². The quantitative estimate of drug-likeness (QED) is 0.299. The van der Waals surface area contributed by atoms with E-state index in [2.05, 4.69) is 4.98 Å². The summed E-state index contributed by atoms with van der Waals surface area (Å²) in [6.45, 7) is 1.67. The van der Waals surface area contributed by atoms with Crippen molar-refractivity contribution >= 4 is 45.7 Å². The Morgan fingerprint density at radius 1 is 1.09 bits per heavy atom. The molecule has 0 spiro atoms. The highest BCUT2D eigenvalue weighted by Crippen LogP contribution is 2.38. The van der Waals surface area contributed by atoms with E-state index in [-0.39, 0.29) is 17.3 Å². The number of methoxy groups -OCH3 is 1.